The van der Waals surface area contributed by atoms with Crippen LogP contribution in [0.15, 0.2) is 43.1 Å². The molecule has 0 saturated carbocycles. The van der Waals surface area contributed by atoms with E-state index in [4.69, 9.17) is 9.47 Å². The molecule has 0 spiro atoms. The van der Waals surface area contributed by atoms with Crippen LogP contribution in [0.25, 0.3) is 10.9 Å². The quantitative estimate of drug-likeness (QED) is 0.589. The third kappa shape index (κ3) is 2.86. The fourth-order valence-corrected chi connectivity index (χ4v) is 4.64. The highest BCUT2D eigenvalue weighted by atomic mass is 16.5. The second-order valence-corrected chi connectivity index (χ2v) is 7.18. The van der Waals surface area contributed by atoms with E-state index in [0.717, 1.165) is 41.7 Å². The Bertz CT molecular complexity index is 822. The number of carbonyl (C=O) groups excluding carboxylic acids is 1. The van der Waals surface area contributed by atoms with Crippen LogP contribution in [0.5, 0.6) is 5.75 Å². The summed E-state index contributed by atoms with van der Waals surface area (Å²) in [5.41, 5.74) is 1.87. The Hall–Kier alpha value is -2.40. The lowest BCUT2D eigenvalue weighted by Gasteiger charge is -2.51. The molecule has 3 aliphatic heterocycles. The van der Waals surface area contributed by atoms with Gasteiger partial charge in [0.2, 0.25) is 0 Å². The van der Waals surface area contributed by atoms with Gasteiger partial charge in [-0.1, -0.05) is 6.08 Å². The zero-order valence-electron chi connectivity index (χ0n) is 15.0. The Morgan fingerprint density at radius 3 is 2.96 bits per heavy atom. The number of carbonyl (C=O) groups is 1. The Kier molecular flexibility index (Phi) is 4.64. The number of hydrogen-bond donors (Lipinski definition) is 0. The van der Waals surface area contributed by atoms with Gasteiger partial charge in [0, 0.05) is 23.7 Å². The lowest BCUT2D eigenvalue weighted by Crippen LogP contribution is -2.55. The lowest BCUT2D eigenvalue weighted by molar-refractivity contribution is -0.141. The molecule has 0 radical (unpaired) electrons. The minimum atomic E-state index is -0.307. The van der Waals surface area contributed by atoms with Crippen molar-refractivity contribution >= 4 is 17.4 Å². The van der Waals surface area contributed by atoms with E-state index in [1.165, 1.54) is 6.42 Å². The molecule has 0 N–H and O–H groups in total. The SMILES string of the molecule is C=C[C@H]1CN2CC[C@H]1C[C@@H]2[C@@H](OC=O)c1ccnc2ccc(OC)cc12. The van der Waals surface area contributed by atoms with E-state index in [-0.39, 0.29) is 12.1 Å². The average Bonchev–Trinajstić information content (AvgIpc) is 2.71. The normalized spacial score (nSPS) is 28.5. The Morgan fingerprint density at radius 1 is 1.38 bits per heavy atom. The molecule has 3 fully saturated rings. The predicted octanol–water partition coefficient (Wildman–Crippen LogP) is 3.35. The molecule has 1 unspecified atom stereocenters. The van der Waals surface area contributed by atoms with Crippen molar-refractivity contribution in [3.05, 3.63) is 48.7 Å². The average molecular weight is 352 g/mol. The van der Waals surface area contributed by atoms with E-state index in [0.29, 0.717) is 18.3 Å². The fraction of sp³-hybridized carbons (Fsp3) is 0.429. The van der Waals surface area contributed by atoms with Crippen molar-refractivity contribution in [2.24, 2.45) is 11.8 Å². The maximum Gasteiger partial charge on any atom is 0.293 e. The minimum absolute atomic E-state index is 0.187. The number of benzene rings is 1. The lowest BCUT2D eigenvalue weighted by atomic mass is 9.73. The number of piperidine rings is 3. The molecule has 1 aromatic carbocycles. The van der Waals surface area contributed by atoms with Crippen molar-refractivity contribution in [1.29, 1.82) is 0 Å². The molecular weight excluding hydrogens is 328 g/mol. The molecule has 3 aliphatic rings. The number of fused-ring (bicyclic) bond motifs is 4. The summed E-state index contributed by atoms with van der Waals surface area (Å²) in [4.78, 5) is 18.2. The van der Waals surface area contributed by atoms with Crippen LogP contribution in [0.2, 0.25) is 0 Å². The van der Waals surface area contributed by atoms with Crippen LogP contribution in [-0.2, 0) is 9.53 Å². The number of rotatable bonds is 6. The van der Waals surface area contributed by atoms with Crippen LogP contribution in [0, 0.1) is 11.8 Å². The van der Waals surface area contributed by atoms with Gasteiger partial charge in [0.1, 0.15) is 11.9 Å². The molecule has 26 heavy (non-hydrogen) atoms. The van der Waals surface area contributed by atoms with Crippen molar-refractivity contribution in [3.63, 3.8) is 0 Å². The van der Waals surface area contributed by atoms with Gasteiger partial charge < -0.3 is 9.47 Å². The van der Waals surface area contributed by atoms with Gasteiger partial charge in [0.15, 0.2) is 0 Å². The van der Waals surface area contributed by atoms with Crippen LogP contribution in [0.1, 0.15) is 24.5 Å². The summed E-state index contributed by atoms with van der Waals surface area (Å²) in [6.07, 6.45) is 5.76. The van der Waals surface area contributed by atoms with Gasteiger partial charge in [0.05, 0.1) is 18.7 Å². The van der Waals surface area contributed by atoms with E-state index in [9.17, 15) is 4.79 Å². The Morgan fingerprint density at radius 2 is 2.27 bits per heavy atom. The fourth-order valence-electron chi connectivity index (χ4n) is 4.64. The van der Waals surface area contributed by atoms with Gasteiger partial charge in [-0.2, -0.15) is 0 Å². The van der Waals surface area contributed by atoms with Crippen molar-refractivity contribution in [3.8, 4) is 5.75 Å². The molecule has 5 atom stereocenters. The smallest absolute Gasteiger partial charge is 0.293 e. The van der Waals surface area contributed by atoms with Gasteiger partial charge in [0.25, 0.3) is 6.47 Å². The van der Waals surface area contributed by atoms with Crippen LogP contribution < -0.4 is 4.74 Å². The van der Waals surface area contributed by atoms with Crippen molar-refractivity contribution in [1.82, 2.24) is 9.88 Å². The summed E-state index contributed by atoms with van der Waals surface area (Å²) in [6, 6.07) is 7.96. The first-order chi connectivity index (χ1) is 12.7. The zero-order chi connectivity index (χ0) is 18.1. The second-order valence-electron chi connectivity index (χ2n) is 7.18. The number of methoxy groups -OCH3 is 1. The number of ether oxygens (including phenoxy) is 2. The van der Waals surface area contributed by atoms with E-state index < -0.39 is 0 Å². The molecule has 3 saturated heterocycles. The standard InChI is InChI=1S/C21H24N2O3/c1-3-14-12-23-9-7-15(14)10-20(23)21(26-13-24)17-6-8-22-19-5-4-16(25-2)11-18(17)19/h3-6,8,11,13-15,20-21H,1,7,9-10,12H2,2H3/t14-,15-,20+,21-/m0/s1. The summed E-state index contributed by atoms with van der Waals surface area (Å²) in [7, 11) is 1.65. The van der Waals surface area contributed by atoms with E-state index in [1.807, 2.05) is 24.3 Å². The highest BCUT2D eigenvalue weighted by Gasteiger charge is 2.43. The van der Waals surface area contributed by atoms with Crippen LogP contribution in [0.4, 0.5) is 0 Å². The van der Waals surface area contributed by atoms with E-state index in [2.05, 4.69) is 22.5 Å². The summed E-state index contributed by atoms with van der Waals surface area (Å²) in [5.74, 6) is 1.92. The Labute approximate surface area is 153 Å². The molecule has 2 bridgehead atoms. The molecule has 2 aromatic rings. The van der Waals surface area contributed by atoms with E-state index >= 15 is 0 Å². The second kappa shape index (κ2) is 7.08. The highest BCUT2D eigenvalue weighted by Crippen LogP contribution is 2.43. The number of hydrogen-bond acceptors (Lipinski definition) is 5. The molecule has 136 valence electrons. The molecule has 5 nitrogen and oxygen atoms in total. The largest absolute Gasteiger partial charge is 0.497 e. The van der Waals surface area contributed by atoms with Gasteiger partial charge in [-0.05, 0) is 55.5 Å². The molecule has 0 amide bonds. The van der Waals surface area contributed by atoms with Gasteiger partial charge in [-0.15, -0.1) is 6.58 Å². The molecular formula is C21H24N2O3. The van der Waals surface area contributed by atoms with Crippen LogP contribution >= 0.6 is 0 Å². The van der Waals surface area contributed by atoms with Crippen molar-refractivity contribution in [2.45, 2.75) is 25.0 Å². The minimum Gasteiger partial charge on any atom is -0.497 e. The first-order valence-corrected chi connectivity index (χ1v) is 9.13. The molecule has 0 aliphatic carbocycles. The van der Waals surface area contributed by atoms with Gasteiger partial charge in [-0.25, -0.2) is 0 Å². The van der Waals surface area contributed by atoms with Gasteiger partial charge in [-0.3, -0.25) is 14.7 Å². The summed E-state index contributed by atoms with van der Waals surface area (Å²) < 4.78 is 11.0. The predicted molar refractivity (Wildman–Crippen MR) is 100.0 cm³/mol. The summed E-state index contributed by atoms with van der Waals surface area (Å²) in [5, 5.41) is 0.974. The number of aromatic nitrogens is 1. The number of nitrogens with zero attached hydrogens (tertiary/aromatic N) is 2. The van der Waals surface area contributed by atoms with Gasteiger partial charge >= 0.3 is 0 Å². The summed E-state index contributed by atoms with van der Waals surface area (Å²) in [6.45, 7) is 6.60. The first-order valence-electron chi connectivity index (χ1n) is 9.13. The number of pyridine rings is 1. The highest BCUT2D eigenvalue weighted by molar-refractivity contribution is 5.84. The topological polar surface area (TPSA) is 51.7 Å². The zero-order valence-corrected chi connectivity index (χ0v) is 15.0. The molecule has 1 aromatic heterocycles. The molecule has 5 rings (SSSR count). The monoisotopic (exact) mass is 352 g/mol. The summed E-state index contributed by atoms with van der Waals surface area (Å²) >= 11 is 0. The first kappa shape index (κ1) is 17.0. The molecule has 4 heterocycles. The third-order valence-electron chi connectivity index (χ3n) is 5.99. The third-order valence-corrected chi connectivity index (χ3v) is 5.99. The molecule has 5 heteroatoms. The Balaban J connectivity index is 1.75. The maximum atomic E-state index is 11.3. The van der Waals surface area contributed by atoms with Crippen LogP contribution in [0.3, 0.4) is 0 Å². The van der Waals surface area contributed by atoms with Crippen molar-refractivity contribution in [2.75, 3.05) is 20.2 Å². The van der Waals surface area contributed by atoms with Crippen molar-refractivity contribution < 1.29 is 14.3 Å². The van der Waals surface area contributed by atoms with Crippen LogP contribution in [-0.4, -0.2) is 42.6 Å². The van der Waals surface area contributed by atoms with E-state index in [1.54, 1.807) is 13.3 Å². The maximum absolute atomic E-state index is 11.3.